The lowest BCUT2D eigenvalue weighted by Crippen LogP contribution is -2.00. The summed E-state index contributed by atoms with van der Waals surface area (Å²) in [5.74, 6) is -0.930. The summed E-state index contributed by atoms with van der Waals surface area (Å²) in [5.41, 5.74) is 6.26. The Balaban J connectivity index is 2.30. The van der Waals surface area contributed by atoms with Crippen LogP contribution in [0.5, 0.6) is 0 Å². The number of hydrogen-bond acceptors (Lipinski definition) is 2. The lowest BCUT2D eigenvalue weighted by Gasteiger charge is -2.11. The molecule has 22 heavy (non-hydrogen) atoms. The van der Waals surface area contributed by atoms with Crippen molar-refractivity contribution >= 4 is 16.9 Å². The molecule has 3 heteroatoms. The van der Waals surface area contributed by atoms with Gasteiger partial charge in [0.05, 0.1) is 16.8 Å². The predicted molar refractivity (Wildman–Crippen MR) is 88.3 cm³/mol. The van der Waals surface area contributed by atoms with Gasteiger partial charge in [0.1, 0.15) is 0 Å². The van der Waals surface area contributed by atoms with Crippen molar-refractivity contribution in [1.29, 1.82) is 0 Å². The van der Waals surface area contributed by atoms with Gasteiger partial charge in [0.25, 0.3) is 0 Å². The zero-order valence-electron chi connectivity index (χ0n) is 12.8. The third-order valence-corrected chi connectivity index (χ3v) is 4.17. The molecule has 0 fully saturated rings. The summed E-state index contributed by atoms with van der Waals surface area (Å²) in [5, 5.41) is 10.1. The molecule has 1 heterocycles. The van der Waals surface area contributed by atoms with E-state index in [4.69, 9.17) is 0 Å². The van der Waals surface area contributed by atoms with Crippen LogP contribution in [0.3, 0.4) is 0 Å². The third-order valence-electron chi connectivity index (χ3n) is 4.17. The zero-order chi connectivity index (χ0) is 15.9. The van der Waals surface area contributed by atoms with Crippen molar-refractivity contribution < 1.29 is 9.90 Å². The van der Waals surface area contributed by atoms with Crippen molar-refractivity contribution in [3.8, 4) is 11.3 Å². The highest BCUT2D eigenvalue weighted by Crippen LogP contribution is 2.27. The molecule has 3 aromatic rings. The Morgan fingerprint density at radius 1 is 1.00 bits per heavy atom. The summed E-state index contributed by atoms with van der Waals surface area (Å²) in [6.07, 6.45) is 0. The SMILES string of the molecule is Cc1cc(-c2cc(C(=O)O)c3ccccc3n2)cc(C)c1C. The number of rotatable bonds is 2. The predicted octanol–water partition coefficient (Wildman–Crippen LogP) is 4.53. The number of carbonyl (C=O) groups is 1. The maximum atomic E-state index is 11.6. The molecule has 0 bridgehead atoms. The molecule has 0 spiro atoms. The van der Waals surface area contributed by atoms with Crippen LogP contribution < -0.4 is 0 Å². The van der Waals surface area contributed by atoms with E-state index >= 15 is 0 Å². The summed E-state index contributed by atoms with van der Waals surface area (Å²) in [6, 6.07) is 13.1. The van der Waals surface area contributed by atoms with Gasteiger partial charge in [-0.15, -0.1) is 0 Å². The highest BCUT2D eigenvalue weighted by atomic mass is 16.4. The second kappa shape index (κ2) is 5.26. The first-order chi connectivity index (χ1) is 10.5. The lowest BCUT2D eigenvalue weighted by molar-refractivity contribution is 0.0699. The standard InChI is InChI=1S/C19H17NO2/c1-11-8-14(9-12(2)13(11)3)18-10-16(19(21)22)15-6-4-5-7-17(15)20-18/h4-10H,1-3H3,(H,21,22). The van der Waals surface area contributed by atoms with E-state index in [-0.39, 0.29) is 5.56 Å². The summed E-state index contributed by atoms with van der Waals surface area (Å²) in [4.78, 5) is 16.2. The molecule has 0 aliphatic carbocycles. The smallest absolute Gasteiger partial charge is 0.336 e. The number of fused-ring (bicyclic) bond motifs is 1. The minimum Gasteiger partial charge on any atom is -0.478 e. The van der Waals surface area contributed by atoms with E-state index in [2.05, 4.69) is 37.9 Å². The van der Waals surface area contributed by atoms with Crippen molar-refractivity contribution in [2.24, 2.45) is 0 Å². The van der Waals surface area contributed by atoms with Gasteiger partial charge in [-0.1, -0.05) is 18.2 Å². The highest BCUT2D eigenvalue weighted by Gasteiger charge is 2.13. The number of hydrogen-bond donors (Lipinski definition) is 1. The maximum Gasteiger partial charge on any atom is 0.336 e. The number of para-hydroxylation sites is 1. The number of aromatic carboxylic acids is 1. The summed E-state index contributed by atoms with van der Waals surface area (Å²) in [7, 11) is 0. The van der Waals surface area contributed by atoms with Gasteiger partial charge in [0.15, 0.2) is 0 Å². The van der Waals surface area contributed by atoms with E-state index in [1.54, 1.807) is 12.1 Å². The van der Waals surface area contributed by atoms with Gasteiger partial charge < -0.3 is 5.11 Å². The second-order valence-electron chi connectivity index (χ2n) is 5.61. The molecule has 1 aromatic heterocycles. The first-order valence-corrected chi connectivity index (χ1v) is 7.18. The Bertz CT molecular complexity index is 874. The van der Waals surface area contributed by atoms with Crippen molar-refractivity contribution in [3.63, 3.8) is 0 Å². The zero-order valence-corrected chi connectivity index (χ0v) is 12.8. The normalized spacial score (nSPS) is 10.9. The average Bonchev–Trinajstić information content (AvgIpc) is 2.50. The average molecular weight is 291 g/mol. The van der Waals surface area contributed by atoms with Crippen LogP contribution in [0.1, 0.15) is 27.0 Å². The van der Waals surface area contributed by atoms with Gasteiger partial charge in [-0.05, 0) is 61.7 Å². The molecule has 0 aliphatic rings. The second-order valence-corrected chi connectivity index (χ2v) is 5.61. The van der Waals surface area contributed by atoms with Crippen LogP contribution in [0.4, 0.5) is 0 Å². The number of pyridine rings is 1. The third kappa shape index (κ3) is 2.35. The first-order valence-electron chi connectivity index (χ1n) is 7.18. The van der Waals surface area contributed by atoms with Gasteiger partial charge >= 0.3 is 5.97 Å². The Hall–Kier alpha value is -2.68. The van der Waals surface area contributed by atoms with Gasteiger partial charge in [0.2, 0.25) is 0 Å². The Morgan fingerprint density at radius 2 is 1.64 bits per heavy atom. The minimum atomic E-state index is -0.930. The summed E-state index contributed by atoms with van der Waals surface area (Å²) in [6.45, 7) is 6.21. The van der Waals surface area contributed by atoms with E-state index in [0.29, 0.717) is 16.6 Å². The van der Waals surface area contributed by atoms with Crippen molar-refractivity contribution in [1.82, 2.24) is 4.98 Å². The minimum absolute atomic E-state index is 0.288. The van der Waals surface area contributed by atoms with Gasteiger partial charge in [-0.3, -0.25) is 0 Å². The summed E-state index contributed by atoms with van der Waals surface area (Å²) >= 11 is 0. The maximum absolute atomic E-state index is 11.6. The lowest BCUT2D eigenvalue weighted by atomic mass is 9.97. The molecule has 0 aliphatic heterocycles. The number of nitrogens with zero attached hydrogens (tertiary/aromatic N) is 1. The molecule has 110 valence electrons. The molecule has 0 atom stereocenters. The van der Waals surface area contributed by atoms with Crippen LogP contribution >= 0.6 is 0 Å². The Kier molecular flexibility index (Phi) is 3.41. The van der Waals surface area contributed by atoms with Crippen LogP contribution in [0.2, 0.25) is 0 Å². The molecule has 0 unspecified atom stereocenters. The van der Waals surface area contributed by atoms with Gasteiger partial charge in [-0.25, -0.2) is 9.78 Å². The monoisotopic (exact) mass is 291 g/mol. The highest BCUT2D eigenvalue weighted by molar-refractivity contribution is 6.03. The van der Waals surface area contributed by atoms with Crippen LogP contribution in [0.15, 0.2) is 42.5 Å². The topological polar surface area (TPSA) is 50.2 Å². The van der Waals surface area contributed by atoms with Crippen molar-refractivity contribution in [3.05, 3.63) is 64.7 Å². The van der Waals surface area contributed by atoms with E-state index < -0.39 is 5.97 Å². The van der Waals surface area contributed by atoms with Crippen LogP contribution in [0, 0.1) is 20.8 Å². The van der Waals surface area contributed by atoms with E-state index in [0.717, 1.165) is 5.56 Å². The quantitative estimate of drug-likeness (QED) is 0.755. The molecule has 0 saturated carbocycles. The van der Waals surface area contributed by atoms with Gasteiger partial charge in [0, 0.05) is 10.9 Å². The number of aryl methyl sites for hydroxylation is 2. The molecular formula is C19H17NO2. The number of benzene rings is 2. The molecule has 2 aromatic carbocycles. The van der Waals surface area contributed by atoms with E-state index in [9.17, 15) is 9.90 Å². The van der Waals surface area contributed by atoms with Crippen LogP contribution in [0.25, 0.3) is 22.2 Å². The number of carboxylic acids is 1. The van der Waals surface area contributed by atoms with Crippen LogP contribution in [-0.2, 0) is 0 Å². The summed E-state index contributed by atoms with van der Waals surface area (Å²) < 4.78 is 0. The molecule has 1 N–H and O–H groups in total. The fraction of sp³-hybridized carbons (Fsp3) is 0.158. The first kappa shape index (κ1) is 14.3. The molecule has 0 radical (unpaired) electrons. The van der Waals surface area contributed by atoms with E-state index in [1.165, 1.54) is 16.7 Å². The Labute approximate surface area is 129 Å². The Morgan fingerprint density at radius 3 is 2.27 bits per heavy atom. The van der Waals surface area contributed by atoms with Crippen molar-refractivity contribution in [2.45, 2.75) is 20.8 Å². The fourth-order valence-corrected chi connectivity index (χ4v) is 2.68. The molecule has 0 amide bonds. The number of aromatic nitrogens is 1. The molecule has 3 rings (SSSR count). The van der Waals surface area contributed by atoms with Gasteiger partial charge in [-0.2, -0.15) is 0 Å². The van der Waals surface area contributed by atoms with Crippen molar-refractivity contribution in [2.75, 3.05) is 0 Å². The molecule has 0 saturated heterocycles. The molecule has 3 nitrogen and oxygen atoms in total. The fourth-order valence-electron chi connectivity index (χ4n) is 2.68. The van der Waals surface area contributed by atoms with E-state index in [1.807, 2.05) is 18.2 Å². The molecular weight excluding hydrogens is 274 g/mol. The number of carboxylic acid groups (broad SMARTS) is 1. The largest absolute Gasteiger partial charge is 0.478 e. The van der Waals surface area contributed by atoms with Crippen LogP contribution in [-0.4, -0.2) is 16.1 Å².